The zero-order valence-corrected chi connectivity index (χ0v) is 14.4. The molecular weight excluding hydrogens is 296 g/mol. The topological polar surface area (TPSA) is 61.8 Å². The smallest absolute Gasteiger partial charge is 0.432 e. The maximum atomic E-state index is 11.8. The van der Waals surface area contributed by atoms with Crippen molar-refractivity contribution in [3.8, 4) is 0 Å². The molecule has 5 heteroatoms. The zero-order valence-electron chi connectivity index (χ0n) is 14.4. The minimum absolute atomic E-state index is 0.135. The SMILES string of the molecule is C=CC(CC)OC(=O)OC=CCCCC(CC)C(=O)OC(=C)C. The van der Waals surface area contributed by atoms with Gasteiger partial charge >= 0.3 is 12.1 Å². The van der Waals surface area contributed by atoms with E-state index in [0.717, 1.165) is 12.8 Å². The van der Waals surface area contributed by atoms with Crippen LogP contribution < -0.4 is 0 Å². The summed E-state index contributed by atoms with van der Waals surface area (Å²) in [4.78, 5) is 23.1. The maximum Gasteiger partial charge on any atom is 0.513 e. The first-order chi connectivity index (χ1) is 10.9. The van der Waals surface area contributed by atoms with Crippen molar-refractivity contribution in [2.45, 2.75) is 59.0 Å². The normalized spacial score (nSPS) is 13.2. The zero-order chi connectivity index (χ0) is 17.7. The first kappa shape index (κ1) is 21.0. The molecule has 0 bridgehead atoms. The third-order valence-corrected chi connectivity index (χ3v) is 3.20. The molecule has 2 atom stereocenters. The van der Waals surface area contributed by atoms with Crippen LogP contribution >= 0.6 is 0 Å². The van der Waals surface area contributed by atoms with Gasteiger partial charge in [-0.15, -0.1) is 0 Å². The van der Waals surface area contributed by atoms with Crippen LogP contribution in [0.25, 0.3) is 0 Å². The molecular formula is C18H28O5. The summed E-state index contributed by atoms with van der Waals surface area (Å²) in [6.07, 6.45) is 7.10. The predicted molar refractivity (Wildman–Crippen MR) is 89.5 cm³/mol. The van der Waals surface area contributed by atoms with Crippen molar-refractivity contribution >= 4 is 12.1 Å². The molecule has 0 saturated heterocycles. The fourth-order valence-electron chi connectivity index (χ4n) is 1.85. The summed E-state index contributed by atoms with van der Waals surface area (Å²) in [6.45, 7) is 12.6. The summed E-state index contributed by atoms with van der Waals surface area (Å²) in [6, 6.07) is 0. The highest BCUT2D eigenvalue weighted by Gasteiger charge is 2.17. The molecule has 0 aliphatic carbocycles. The number of hydrogen-bond acceptors (Lipinski definition) is 5. The highest BCUT2D eigenvalue weighted by molar-refractivity contribution is 5.73. The Bertz CT molecular complexity index is 425. The minimum Gasteiger partial charge on any atom is -0.432 e. The van der Waals surface area contributed by atoms with Crippen LogP contribution in [0.15, 0.2) is 37.3 Å². The largest absolute Gasteiger partial charge is 0.513 e. The van der Waals surface area contributed by atoms with Gasteiger partial charge in [-0.1, -0.05) is 33.1 Å². The molecule has 0 aromatic heterocycles. The van der Waals surface area contributed by atoms with Crippen LogP contribution in [-0.2, 0) is 19.0 Å². The van der Waals surface area contributed by atoms with Crippen molar-refractivity contribution in [1.82, 2.24) is 0 Å². The second kappa shape index (κ2) is 12.5. The third-order valence-electron chi connectivity index (χ3n) is 3.20. The molecule has 0 aromatic rings. The van der Waals surface area contributed by atoms with E-state index in [1.165, 1.54) is 6.26 Å². The Kier molecular flexibility index (Phi) is 11.4. The molecule has 2 unspecified atom stereocenters. The average Bonchev–Trinajstić information content (AvgIpc) is 2.51. The van der Waals surface area contributed by atoms with Gasteiger partial charge in [-0.2, -0.15) is 0 Å². The third kappa shape index (κ3) is 10.3. The molecule has 0 saturated carbocycles. The Hall–Kier alpha value is -2.04. The summed E-state index contributed by atoms with van der Waals surface area (Å²) in [5, 5.41) is 0. The standard InChI is InChI=1S/C18H28O5/c1-6-15(17(19)22-14(4)5)12-10-9-11-13-21-18(20)23-16(7-2)8-3/h7,11,13,15-16H,2,4,6,8-10,12H2,1,3,5H3. The number of hydrogen-bond donors (Lipinski definition) is 0. The highest BCUT2D eigenvalue weighted by Crippen LogP contribution is 2.16. The molecule has 23 heavy (non-hydrogen) atoms. The number of esters is 1. The summed E-state index contributed by atoms with van der Waals surface area (Å²) >= 11 is 0. The molecule has 0 aliphatic heterocycles. The number of carbonyl (C=O) groups is 2. The summed E-state index contributed by atoms with van der Waals surface area (Å²) in [7, 11) is 0. The molecule has 130 valence electrons. The van der Waals surface area contributed by atoms with Crippen molar-refractivity contribution in [3.05, 3.63) is 37.3 Å². The van der Waals surface area contributed by atoms with Crippen LogP contribution in [0.4, 0.5) is 4.79 Å². The van der Waals surface area contributed by atoms with Gasteiger partial charge in [0.05, 0.1) is 17.9 Å². The number of rotatable bonds is 11. The van der Waals surface area contributed by atoms with Crippen LogP contribution in [0.5, 0.6) is 0 Å². The van der Waals surface area contributed by atoms with Gasteiger partial charge in [0.25, 0.3) is 0 Å². The first-order valence-electron chi connectivity index (χ1n) is 7.96. The van der Waals surface area contributed by atoms with Crippen LogP contribution in [-0.4, -0.2) is 18.2 Å². The highest BCUT2D eigenvalue weighted by atomic mass is 16.7. The van der Waals surface area contributed by atoms with Crippen LogP contribution in [0, 0.1) is 5.92 Å². The molecule has 0 radical (unpaired) electrons. The molecule has 0 aromatic carbocycles. The van der Waals surface area contributed by atoms with Crippen molar-refractivity contribution in [2.24, 2.45) is 5.92 Å². The fourth-order valence-corrected chi connectivity index (χ4v) is 1.85. The van der Waals surface area contributed by atoms with Crippen LogP contribution in [0.2, 0.25) is 0 Å². The van der Waals surface area contributed by atoms with E-state index < -0.39 is 6.16 Å². The van der Waals surface area contributed by atoms with Gasteiger partial charge < -0.3 is 14.2 Å². The number of carbonyl (C=O) groups excluding carboxylic acids is 2. The Balaban J connectivity index is 3.96. The van der Waals surface area contributed by atoms with Gasteiger partial charge in [-0.05, 0) is 45.1 Å². The van der Waals surface area contributed by atoms with E-state index >= 15 is 0 Å². The molecule has 0 heterocycles. The quantitative estimate of drug-likeness (QED) is 0.234. The Morgan fingerprint density at radius 1 is 1.22 bits per heavy atom. The van der Waals surface area contributed by atoms with Gasteiger partial charge in [0, 0.05) is 0 Å². The predicted octanol–water partition coefficient (Wildman–Crippen LogP) is 4.89. The van der Waals surface area contributed by atoms with E-state index in [1.54, 1.807) is 19.1 Å². The maximum absolute atomic E-state index is 11.8. The van der Waals surface area contributed by atoms with Gasteiger partial charge in [0.1, 0.15) is 6.10 Å². The Labute approximate surface area is 139 Å². The monoisotopic (exact) mass is 324 g/mol. The van der Waals surface area contributed by atoms with Crippen molar-refractivity contribution < 1.29 is 23.8 Å². The van der Waals surface area contributed by atoms with Gasteiger partial charge in [-0.3, -0.25) is 4.79 Å². The van der Waals surface area contributed by atoms with Crippen molar-refractivity contribution in [1.29, 1.82) is 0 Å². The Morgan fingerprint density at radius 2 is 1.91 bits per heavy atom. The molecule has 0 fully saturated rings. The van der Waals surface area contributed by atoms with E-state index in [9.17, 15) is 9.59 Å². The number of allylic oxidation sites excluding steroid dienone is 2. The lowest BCUT2D eigenvalue weighted by Gasteiger charge is -2.13. The van der Waals surface area contributed by atoms with E-state index in [0.29, 0.717) is 25.0 Å². The summed E-state index contributed by atoms with van der Waals surface area (Å²) < 4.78 is 14.8. The minimum atomic E-state index is -0.746. The lowest BCUT2D eigenvalue weighted by molar-refractivity contribution is -0.144. The van der Waals surface area contributed by atoms with Crippen molar-refractivity contribution in [2.75, 3.05) is 0 Å². The van der Waals surface area contributed by atoms with E-state index in [2.05, 4.69) is 13.2 Å². The molecule has 0 amide bonds. The van der Waals surface area contributed by atoms with E-state index in [-0.39, 0.29) is 18.0 Å². The van der Waals surface area contributed by atoms with Crippen LogP contribution in [0.1, 0.15) is 52.9 Å². The van der Waals surface area contributed by atoms with Gasteiger partial charge in [-0.25, -0.2) is 4.79 Å². The number of unbranched alkanes of at least 4 members (excludes halogenated alkanes) is 1. The second-order valence-corrected chi connectivity index (χ2v) is 5.20. The van der Waals surface area contributed by atoms with Crippen LogP contribution in [0.3, 0.4) is 0 Å². The molecule has 0 rings (SSSR count). The van der Waals surface area contributed by atoms with E-state index in [4.69, 9.17) is 14.2 Å². The molecule has 0 N–H and O–H groups in total. The molecule has 5 nitrogen and oxygen atoms in total. The molecule has 0 spiro atoms. The van der Waals surface area contributed by atoms with E-state index in [1.807, 2.05) is 13.8 Å². The van der Waals surface area contributed by atoms with Gasteiger partial charge in [0.2, 0.25) is 0 Å². The lowest BCUT2D eigenvalue weighted by Crippen LogP contribution is -2.16. The molecule has 0 aliphatic rings. The fraction of sp³-hybridized carbons (Fsp3) is 0.556. The number of ether oxygens (including phenoxy) is 3. The first-order valence-corrected chi connectivity index (χ1v) is 7.96. The lowest BCUT2D eigenvalue weighted by atomic mass is 9.99. The Morgan fingerprint density at radius 3 is 2.43 bits per heavy atom. The summed E-state index contributed by atoms with van der Waals surface area (Å²) in [5.74, 6) is 0.0351. The second-order valence-electron chi connectivity index (χ2n) is 5.20. The summed E-state index contributed by atoms with van der Waals surface area (Å²) in [5.41, 5.74) is 0. The van der Waals surface area contributed by atoms with Crippen molar-refractivity contribution in [3.63, 3.8) is 0 Å². The average molecular weight is 324 g/mol. The van der Waals surface area contributed by atoms with Gasteiger partial charge in [0.15, 0.2) is 0 Å².